The molecule has 2 aliphatic rings. The van der Waals surface area contributed by atoms with E-state index in [1.807, 2.05) is 18.7 Å². The van der Waals surface area contributed by atoms with E-state index in [2.05, 4.69) is 0 Å². The van der Waals surface area contributed by atoms with Crippen molar-refractivity contribution in [3.05, 3.63) is 29.3 Å². The van der Waals surface area contributed by atoms with E-state index < -0.39 is 11.7 Å². The Morgan fingerprint density at radius 1 is 1.26 bits per heavy atom. The fourth-order valence-electron chi connectivity index (χ4n) is 4.65. The molecule has 0 aliphatic carbocycles. The lowest BCUT2D eigenvalue weighted by Gasteiger charge is -2.43. The Labute approximate surface area is 180 Å². The zero-order valence-electron chi connectivity index (χ0n) is 17.9. The zero-order chi connectivity index (χ0) is 22.6. The molecule has 0 spiro atoms. The van der Waals surface area contributed by atoms with Crippen molar-refractivity contribution >= 4 is 11.6 Å². The summed E-state index contributed by atoms with van der Waals surface area (Å²) in [6.45, 7) is 7.33. The lowest BCUT2D eigenvalue weighted by Crippen LogP contribution is -2.53. The van der Waals surface area contributed by atoms with E-state index in [0.29, 0.717) is 51.7 Å². The van der Waals surface area contributed by atoms with Crippen molar-refractivity contribution in [2.45, 2.75) is 26.4 Å². The van der Waals surface area contributed by atoms with Crippen LogP contribution in [-0.4, -0.2) is 63.4 Å². The maximum Gasteiger partial charge on any atom is 0.417 e. The topological polar surface area (TPSA) is 65.8 Å². The van der Waals surface area contributed by atoms with Gasteiger partial charge in [-0.25, -0.2) is 0 Å². The number of fused-ring (bicyclic) bond motifs is 1. The number of carbonyl (C=O) groups is 1. The van der Waals surface area contributed by atoms with Gasteiger partial charge in [-0.2, -0.15) is 18.4 Å². The van der Waals surface area contributed by atoms with Gasteiger partial charge >= 0.3 is 6.18 Å². The summed E-state index contributed by atoms with van der Waals surface area (Å²) in [6.07, 6.45) is -3.84. The first-order valence-corrected chi connectivity index (χ1v) is 10.5. The molecule has 0 bridgehead atoms. The van der Waals surface area contributed by atoms with Crippen LogP contribution in [-0.2, 0) is 20.4 Å². The van der Waals surface area contributed by atoms with Crippen LogP contribution in [0.2, 0.25) is 0 Å². The molecule has 2 aliphatic heterocycles. The Hall–Kier alpha value is -2.31. The molecule has 2 heterocycles. The van der Waals surface area contributed by atoms with E-state index in [0.717, 1.165) is 12.5 Å². The van der Waals surface area contributed by atoms with E-state index in [1.165, 1.54) is 6.07 Å². The van der Waals surface area contributed by atoms with Crippen molar-refractivity contribution < 1.29 is 27.4 Å². The van der Waals surface area contributed by atoms with Crippen LogP contribution >= 0.6 is 0 Å². The molecule has 1 amide bonds. The number of benzene rings is 1. The number of nitriles is 1. The summed E-state index contributed by atoms with van der Waals surface area (Å²) in [5.74, 6) is 0.118. The van der Waals surface area contributed by atoms with Gasteiger partial charge in [-0.05, 0) is 44.4 Å². The van der Waals surface area contributed by atoms with Gasteiger partial charge in [0.1, 0.15) is 6.61 Å². The van der Waals surface area contributed by atoms with Gasteiger partial charge in [-0.1, -0.05) is 0 Å². The Kier molecular flexibility index (Phi) is 7.12. The molecule has 0 radical (unpaired) electrons. The van der Waals surface area contributed by atoms with Gasteiger partial charge in [-0.3, -0.25) is 4.79 Å². The summed E-state index contributed by atoms with van der Waals surface area (Å²) in [5, 5.41) is 9.06. The lowest BCUT2D eigenvalue weighted by atomic mass is 9.74. The van der Waals surface area contributed by atoms with E-state index in [9.17, 15) is 18.0 Å². The van der Waals surface area contributed by atoms with Crippen LogP contribution < -0.4 is 4.90 Å². The first kappa shape index (κ1) is 23.4. The Morgan fingerprint density at radius 3 is 2.65 bits per heavy atom. The number of likely N-dealkylation sites (tertiary alicyclic amines) is 1. The minimum atomic E-state index is -4.60. The van der Waals surface area contributed by atoms with Crippen molar-refractivity contribution in [1.82, 2.24) is 4.90 Å². The third-order valence-electron chi connectivity index (χ3n) is 6.24. The van der Waals surface area contributed by atoms with Gasteiger partial charge in [0.2, 0.25) is 5.91 Å². The summed E-state index contributed by atoms with van der Waals surface area (Å²) in [7, 11) is 0. The van der Waals surface area contributed by atoms with Gasteiger partial charge in [0.15, 0.2) is 0 Å². The number of hydrogen-bond acceptors (Lipinski definition) is 5. The molecule has 3 rings (SSSR count). The summed E-state index contributed by atoms with van der Waals surface area (Å²) in [6, 6.07) is 5.48. The number of carbonyl (C=O) groups excluding carboxylic acids is 1. The first-order valence-electron chi connectivity index (χ1n) is 10.5. The maximum absolute atomic E-state index is 13.4. The Balaban J connectivity index is 1.86. The number of anilines is 1. The number of ether oxygens (including phenoxy) is 2. The van der Waals surface area contributed by atoms with Crippen molar-refractivity contribution in [3.8, 4) is 6.07 Å². The maximum atomic E-state index is 13.4. The third-order valence-corrected chi connectivity index (χ3v) is 6.24. The standard InChI is InChI=1S/C22H28F3N3O3/c1-3-30-12-20(29)27-8-7-17-11-28(14-21(17,13-27)15-31-4-2)18-6-5-16(10-26)19(9-18)22(23,24)25/h5-6,9,17H,3-4,7-8,11-15H2,1-2H3. The summed E-state index contributed by atoms with van der Waals surface area (Å²) in [4.78, 5) is 16.2. The molecule has 2 unspecified atom stereocenters. The van der Waals surface area contributed by atoms with Crippen LogP contribution in [0.3, 0.4) is 0 Å². The highest BCUT2D eigenvalue weighted by atomic mass is 19.4. The van der Waals surface area contributed by atoms with Crippen LogP contribution in [0.25, 0.3) is 0 Å². The highest BCUT2D eigenvalue weighted by Crippen LogP contribution is 2.45. The second-order valence-electron chi connectivity index (χ2n) is 8.16. The average molecular weight is 439 g/mol. The van der Waals surface area contributed by atoms with Crippen molar-refractivity contribution in [2.24, 2.45) is 11.3 Å². The molecule has 2 saturated heterocycles. The number of piperidine rings is 1. The molecule has 31 heavy (non-hydrogen) atoms. The largest absolute Gasteiger partial charge is 0.417 e. The fraction of sp³-hybridized carbons (Fsp3) is 0.636. The van der Waals surface area contributed by atoms with Crippen LogP contribution in [0.15, 0.2) is 18.2 Å². The number of rotatable bonds is 7. The monoisotopic (exact) mass is 439 g/mol. The molecule has 2 fully saturated rings. The SMILES string of the molecule is CCOCC(=O)N1CCC2CN(c3ccc(C#N)c(C(F)(F)F)c3)CC2(COCC)C1. The second-order valence-corrected chi connectivity index (χ2v) is 8.16. The predicted octanol–water partition coefficient (Wildman–Crippen LogP) is 3.30. The second kappa shape index (κ2) is 9.45. The average Bonchev–Trinajstić information content (AvgIpc) is 3.14. The van der Waals surface area contributed by atoms with Crippen LogP contribution in [0.4, 0.5) is 18.9 Å². The van der Waals surface area contributed by atoms with Crippen molar-refractivity contribution in [2.75, 3.05) is 57.5 Å². The van der Waals surface area contributed by atoms with E-state index >= 15 is 0 Å². The number of hydrogen-bond donors (Lipinski definition) is 0. The molecule has 0 aromatic heterocycles. The molecular weight excluding hydrogens is 411 g/mol. The number of amides is 1. The molecule has 170 valence electrons. The van der Waals surface area contributed by atoms with Gasteiger partial charge < -0.3 is 19.3 Å². The summed E-state index contributed by atoms with van der Waals surface area (Å²) in [5.41, 5.74) is -1.23. The molecule has 0 saturated carbocycles. The Bertz CT molecular complexity index is 840. The molecule has 0 N–H and O–H groups in total. The third kappa shape index (κ3) is 4.96. The van der Waals surface area contributed by atoms with E-state index in [-0.39, 0.29) is 29.4 Å². The molecule has 6 nitrogen and oxygen atoms in total. The smallest absolute Gasteiger partial charge is 0.381 e. The van der Waals surface area contributed by atoms with Crippen LogP contribution in [0.5, 0.6) is 0 Å². The Morgan fingerprint density at radius 2 is 2.00 bits per heavy atom. The molecule has 1 aromatic carbocycles. The number of halogens is 3. The minimum absolute atomic E-state index is 0.0279. The number of alkyl halides is 3. The predicted molar refractivity (Wildman–Crippen MR) is 108 cm³/mol. The van der Waals surface area contributed by atoms with Gasteiger partial charge in [-0.15, -0.1) is 0 Å². The number of nitrogens with zero attached hydrogens (tertiary/aromatic N) is 3. The minimum Gasteiger partial charge on any atom is -0.381 e. The normalized spacial score (nSPS) is 23.5. The highest BCUT2D eigenvalue weighted by Gasteiger charge is 2.51. The first-order chi connectivity index (χ1) is 14.7. The highest BCUT2D eigenvalue weighted by molar-refractivity contribution is 5.77. The van der Waals surface area contributed by atoms with E-state index in [1.54, 1.807) is 17.0 Å². The summed E-state index contributed by atoms with van der Waals surface area (Å²) >= 11 is 0. The fourth-order valence-corrected chi connectivity index (χ4v) is 4.65. The van der Waals surface area contributed by atoms with E-state index in [4.69, 9.17) is 14.7 Å². The summed E-state index contributed by atoms with van der Waals surface area (Å²) < 4.78 is 51.3. The van der Waals surface area contributed by atoms with Gasteiger partial charge in [0.25, 0.3) is 0 Å². The quantitative estimate of drug-likeness (QED) is 0.652. The zero-order valence-corrected chi connectivity index (χ0v) is 17.9. The van der Waals surface area contributed by atoms with Crippen molar-refractivity contribution in [1.29, 1.82) is 5.26 Å². The van der Waals surface area contributed by atoms with Gasteiger partial charge in [0.05, 0.1) is 23.8 Å². The molecule has 9 heteroatoms. The molecule has 1 aromatic rings. The molecule has 2 atom stereocenters. The van der Waals surface area contributed by atoms with Crippen molar-refractivity contribution in [3.63, 3.8) is 0 Å². The van der Waals surface area contributed by atoms with Gasteiger partial charge in [0, 0.05) is 50.5 Å². The lowest BCUT2D eigenvalue weighted by molar-refractivity contribution is -0.142. The molecular formula is C22H28F3N3O3. The van der Waals surface area contributed by atoms with Crippen LogP contribution in [0, 0.1) is 22.7 Å². The van der Waals surface area contributed by atoms with Crippen LogP contribution in [0.1, 0.15) is 31.4 Å².